The van der Waals surface area contributed by atoms with E-state index in [4.69, 9.17) is 9.47 Å². The number of esters is 1. The molecule has 2 heterocycles. The molecule has 1 saturated heterocycles. The molecule has 5 rings (SSSR count). The Bertz CT molecular complexity index is 1130. The second-order valence-electron chi connectivity index (χ2n) is 10.3. The first kappa shape index (κ1) is 24.5. The van der Waals surface area contributed by atoms with Gasteiger partial charge in [0.1, 0.15) is 11.9 Å². The number of allylic oxidation sites excluding steroid dienone is 1. The zero-order valence-corrected chi connectivity index (χ0v) is 20.7. The minimum atomic E-state index is -0.368. The normalized spacial score (nSPS) is 31.4. The summed E-state index contributed by atoms with van der Waals surface area (Å²) in [7, 11) is 0. The number of nitrogens with one attached hydrogen (secondary N) is 1. The first-order valence-electron chi connectivity index (χ1n) is 13.0. The lowest BCUT2D eigenvalue weighted by Crippen LogP contribution is -2.48. The van der Waals surface area contributed by atoms with Crippen LogP contribution in [0.2, 0.25) is 0 Å². The fraction of sp³-hybridized carbons (Fsp3) is 0.483. The zero-order valence-electron chi connectivity index (χ0n) is 20.7. The number of carbonyl (C=O) groups excluding carboxylic acids is 2. The molecule has 2 saturated carbocycles. The van der Waals surface area contributed by atoms with Gasteiger partial charge in [0, 0.05) is 23.7 Å². The number of rotatable bonds is 5. The second kappa shape index (κ2) is 10.4. The molecule has 0 radical (unpaired) electrons. The molecule has 0 spiro atoms. The summed E-state index contributed by atoms with van der Waals surface area (Å²) >= 11 is 0. The molecular formula is C29H33FN2O4. The Morgan fingerprint density at radius 2 is 2.08 bits per heavy atom. The quantitative estimate of drug-likeness (QED) is 0.548. The van der Waals surface area contributed by atoms with Crippen LogP contribution in [0.5, 0.6) is 0 Å². The van der Waals surface area contributed by atoms with Gasteiger partial charge in [0.05, 0.1) is 18.2 Å². The number of benzene rings is 1. The van der Waals surface area contributed by atoms with E-state index in [-0.39, 0.29) is 47.8 Å². The van der Waals surface area contributed by atoms with Crippen molar-refractivity contribution in [3.8, 4) is 11.1 Å². The number of fused-ring (bicyclic) bond motifs is 2. The van der Waals surface area contributed by atoms with Crippen LogP contribution in [0.4, 0.5) is 9.18 Å². The summed E-state index contributed by atoms with van der Waals surface area (Å²) in [5, 5.41) is 3.00. The first-order chi connectivity index (χ1) is 17.4. The minimum Gasteiger partial charge on any atom is -0.462 e. The third kappa shape index (κ3) is 5.01. The summed E-state index contributed by atoms with van der Waals surface area (Å²) in [6.45, 7) is 4.15. The lowest BCUT2D eigenvalue weighted by molar-refractivity contribution is -0.144. The molecule has 3 aliphatic rings. The van der Waals surface area contributed by atoms with Crippen molar-refractivity contribution in [1.82, 2.24) is 10.3 Å². The van der Waals surface area contributed by atoms with Crippen LogP contribution >= 0.6 is 0 Å². The topological polar surface area (TPSA) is 77.5 Å². The molecule has 7 atom stereocenters. The highest BCUT2D eigenvalue weighted by atomic mass is 19.1. The van der Waals surface area contributed by atoms with E-state index in [1.807, 2.05) is 31.2 Å². The van der Waals surface area contributed by atoms with Gasteiger partial charge in [-0.1, -0.05) is 24.3 Å². The standard InChI is InChI=1S/C29H33FN2O4/c1-3-35-29(34)32-23-10-11-24-20(14-23)15-26-27(17(2)36-28(26)33)25(24)12-9-22-8-7-19(16-31-22)18-5-4-6-21(30)13-18/h4-9,12-13,16-17,20,23-27H,3,10-11,14-15H2,1-2H3,(H,32,34)/b12-9+/t17-,20-,23+,24-,25-,26+,27+/m0/s1. The predicted molar refractivity (Wildman–Crippen MR) is 134 cm³/mol. The molecular weight excluding hydrogens is 459 g/mol. The highest BCUT2D eigenvalue weighted by Gasteiger charge is 2.54. The van der Waals surface area contributed by atoms with Crippen LogP contribution in [-0.2, 0) is 14.3 Å². The number of hydrogen-bond donors (Lipinski definition) is 1. The number of aromatic nitrogens is 1. The average Bonchev–Trinajstić information content (AvgIpc) is 3.15. The Morgan fingerprint density at radius 3 is 2.83 bits per heavy atom. The molecule has 0 unspecified atom stereocenters. The van der Waals surface area contributed by atoms with E-state index in [0.29, 0.717) is 18.4 Å². The van der Waals surface area contributed by atoms with E-state index in [1.165, 1.54) is 12.1 Å². The van der Waals surface area contributed by atoms with Gasteiger partial charge in [-0.25, -0.2) is 9.18 Å². The number of cyclic esters (lactones) is 1. The van der Waals surface area contributed by atoms with Crippen LogP contribution in [0.3, 0.4) is 0 Å². The summed E-state index contributed by atoms with van der Waals surface area (Å²) in [6.07, 6.45) is 9.07. The summed E-state index contributed by atoms with van der Waals surface area (Å²) in [5.41, 5.74) is 2.48. The fourth-order valence-electron chi connectivity index (χ4n) is 6.64. The van der Waals surface area contributed by atoms with E-state index in [0.717, 1.165) is 42.5 Å². The number of carbonyl (C=O) groups is 2. The maximum Gasteiger partial charge on any atom is 0.407 e. The van der Waals surface area contributed by atoms with Crippen LogP contribution < -0.4 is 5.32 Å². The van der Waals surface area contributed by atoms with Crippen molar-refractivity contribution in [3.63, 3.8) is 0 Å². The number of nitrogens with zero attached hydrogens (tertiary/aromatic N) is 1. The second-order valence-corrected chi connectivity index (χ2v) is 10.3. The molecule has 0 bridgehead atoms. The van der Waals surface area contributed by atoms with Crippen LogP contribution in [0.15, 0.2) is 48.7 Å². The summed E-state index contributed by atoms with van der Waals surface area (Å²) in [6, 6.07) is 10.4. The van der Waals surface area contributed by atoms with Crippen LogP contribution in [0, 0.1) is 35.4 Å². The number of alkyl carbamates (subject to hydrolysis) is 1. The molecule has 2 aromatic rings. The van der Waals surface area contributed by atoms with Gasteiger partial charge in [0.15, 0.2) is 0 Å². The van der Waals surface area contributed by atoms with Crippen molar-refractivity contribution in [1.29, 1.82) is 0 Å². The number of amides is 1. The average molecular weight is 493 g/mol. The Balaban J connectivity index is 1.34. The van der Waals surface area contributed by atoms with Gasteiger partial charge in [0.2, 0.25) is 0 Å². The van der Waals surface area contributed by atoms with E-state index >= 15 is 0 Å². The third-order valence-electron chi connectivity index (χ3n) is 8.18. The lowest BCUT2D eigenvalue weighted by Gasteiger charge is -2.47. The number of pyridine rings is 1. The largest absolute Gasteiger partial charge is 0.462 e. The number of halogens is 1. The van der Waals surface area contributed by atoms with Crippen LogP contribution in [-0.4, -0.2) is 35.8 Å². The van der Waals surface area contributed by atoms with Crippen LogP contribution in [0.1, 0.15) is 45.2 Å². The van der Waals surface area contributed by atoms with Crippen molar-refractivity contribution >= 4 is 18.1 Å². The van der Waals surface area contributed by atoms with E-state index in [2.05, 4.69) is 16.4 Å². The fourth-order valence-corrected chi connectivity index (χ4v) is 6.64. The molecule has 1 aromatic heterocycles. The maximum absolute atomic E-state index is 13.6. The molecule has 3 fully saturated rings. The Morgan fingerprint density at radius 1 is 1.22 bits per heavy atom. The first-order valence-corrected chi connectivity index (χ1v) is 13.0. The highest BCUT2D eigenvalue weighted by Crippen LogP contribution is 2.53. The van der Waals surface area contributed by atoms with Gasteiger partial charge < -0.3 is 14.8 Å². The smallest absolute Gasteiger partial charge is 0.407 e. The van der Waals surface area contributed by atoms with Gasteiger partial charge >= 0.3 is 12.1 Å². The summed E-state index contributed by atoms with van der Waals surface area (Å²) in [5.74, 6) is 0.629. The number of hydrogen-bond acceptors (Lipinski definition) is 5. The van der Waals surface area contributed by atoms with Gasteiger partial charge in [-0.2, -0.15) is 0 Å². The lowest BCUT2D eigenvalue weighted by atomic mass is 9.57. The maximum atomic E-state index is 13.6. The molecule has 7 heteroatoms. The SMILES string of the molecule is CCOC(=O)N[C@@H]1CC[C@H]2[C@@H](C1)C[C@H]1C(=O)O[C@@H](C)[C@@H]1[C@H]2/C=C/c1ccc(-c2cccc(F)c2)cn1. The van der Waals surface area contributed by atoms with Crippen molar-refractivity contribution in [3.05, 3.63) is 60.2 Å². The molecule has 6 nitrogen and oxygen atoms in total. The van der Waals surface area contributed by atoms with Crippen molar-refractivity contribution in [2.75, 3.05) is 6.61 Å². The van der Waals surface area contributed by atoms with Gasteiger partial charge in [0.25, 0.3) is 0 Å². The Kier molecular flexibility index (Phi) is 7.08. The molecule has 36 heavy (non-hydrogen) atoms. The Labute approximate surface area is 211 Å². The van der Waals surface area contributed by atoms with Crippen molar-refractivity contribution in [2.24, 2.45) is 29.6 Å². The minimum absolute atomic E-state index is 0.0679. The molecule has 1 N–H and O–H groups in total. The predicted octanol–water partition coefficient (Wildman–Crippen LogP) is 5.63. The monoisotopic (exact) mass is 492 g/mol. The number of ether oxygens (including phenoxy) is 2. The zero-order chi connectivity index (χ0) is 25.2. The van der Waals surface area contributed by atoms with E-state index < -0.39 is 0 Å². The molecule has 190 valence electrons. The molecule has 1 aromatic carbocycles. The molecule has 1 amide bonds. The van der Waals surface area contributed by atoms with Gasteiger partial charge in [-0.15, -0.1) is 0 Å². The van der Waals surface area contributed by atoms with Gasteiger partial charge in [-0.3, -0.25) is 9.78 Å². The van der Waals surface area contributed by atoms with Crippen molar-refractivity contribution in [2.45, 2.75) is 51.7 Å². The van der Waals surface area contributed by atoms with E-state index in [1.54, 1.807) is 19.2 Å². The third-order valence-corrected chi connectivity index (χ3v) is 8.18. The van der Waals surface area contributed by atoms with Crippen LogP contribution in [0.25, 0.3) is 17.2 Å². The molecule has 1 aliphatic heterocycles. The van der Waals surface area contributed by atoms with E-state index in [9.17, 15) is 14.0 Å². The summed E-state index contributed by atoms with van der Waals surface area (Å²) in [4.78, 5) is 29.2. The highest BCUT2D eigenvalue weighted by molar-refractivity contribution is 5.75. The summed E-state index contributed by atoms with van der Waals surface area (Å²) < 4.78 is 24.3. The van der Waals surface area contributed by atoms with Gasteiger partial charge in [-0.05, 0) is 87.1 Å². The van der Waals surface area contributed by atoms with Crippen molar-refractivity contribution < 1.29 is 23.5 Å². The molecule has 2 aliphatic carbocycles. The Hall–Kier alpha value is -3.22.